The lowest BCUT2D eigenvalue weighted by molar-refractivity contribution is -0.144. The van der Waals surface area contributed by atoms with Crippen LogP contribution in [0.2, 0.25) is 0 Å². The van der Waals surface area contributed by atoms with Gasteiger partial charge < -0.3 is 14.2 Å². The topological polar surface area (TPSA) is 61.8 Å². The summed E-state index contributed by atoms with van der Waals surface area (Å²) in [7, 11) is 1.24. The zero-order valence-corrected chi connectivity index (χ0v) is 8.06. The molecule has 0 spiro atoms. The van der Waals surface area contributed by atoms with Crippen molar-refractivity contribution >= 4 is 12.1 Å². The Morgan fingerprint density at radius 3 is 2.29 bits per heavy atom. The van der Waals surface area contributed by atoms with E-state index in [1.54, 1.807) is 12.2 Å². The van der Waals surface area contributed by atoms with Crippen LogP contribution in [-0.2, 0) is 19.0 Å². The SMILES string of the molecule is COC(=O)O[C@@H]1C=C[C@H](OC(C)=O)C1. The first kappa shape index (κ1) is 10.6. The Morgan fingerprint density at radius 2 is 1.79 bits per heavy atom. The quantitative estimate of drug-likeness (QED) is 0.492. The molecule has 1 aliphatic carbocycles. The van der Waals surface area contributed by atoms with E-state index in [0.29, 0.717) is 6.42 Å². The van der Waals surface area contributed by atoms with Gasteiger partial charge in [-0.25, -0.2) is 4.79 Å². The summed E-state index contributed by atoms with van der Waals surface area (Å²) in [6, 6.07) is 0. The summed E-state index contributed by atoms with van der Waals surface area (Å²) >= 11 is 0. The summed E-state index contributed by atoms with van der Waals surface area (Å²) in [5, 5.41) is 0. The molecule has 78 valence electrons. The molecular weight excluding hydrogens is 188 g/mol. The lowest BCUT2D eigenvalue weighted by atomic mass is 10.3. The molecule has 0 fully saturated rings. The van der Waals surface area contributed by atoms with Gasteiger partial charge in [0.2, 0.25) is 0 Å². The standard InChI is InChI=1S/C9H12O5/c1-6(10)13-7-3-4-8(5-7)14-9(11)12-2/h3-4,7-8H,5H2,1-2H3/t7-,8+/m0/s1. The highest BCUT2D eigenvalue weighted by Crippen LogP contribution is 2.17. The molecule has 0 bridgehead atoms. The van der Waals surface area contributed by atoms with E-state index < -0.39 is 6.16 Å². The van der Waals surface area contributed by atoms with E-state index in [0.717, 1.165) is 0 Å². The average molecular weight is 200 g/mol. The number of esters is 1. The van der Waals surface area contributed by atoms with Crippen molar-refractivity contribution in [3.8, 4) is 0 Å². The van der Waals surface area contributed by atoms with Crippen molar-refractivity contribution < 1.29 is 23.8 Å². The Bertz CT molecular complexity index is 258. The lowest BCUT2D eigenvalue weighted by Crippen LogP contribution is -2.19. The van der Waals surface area contributed by atoms with Gasteiger partial charge in [0.1, 0.15) is 12.2 Å². The maximum atomic E-state index is 10.7. The molecule has 0 aromatic rings. The first-order valence-corrected chi connectivity index (χ1v) is 4.22. The second kappa shape index (κ2) is 4.64. The minimum absolute atomic E-state index is 0.304. The van der Waals surface area contributed by atoms with Crippen LogP contribution in [-0.4, -0.2) is 31.4 Å². The Labute approximate surface area is 81.6 Å². The third kappa shape index (κ3) is 3.08. The fourth-order valence-corrected chi connectivity index (χ4v) is 1.19. The molecule has 0 radical (unpaired) electrons. The van der Waals surface area contributed by atoms with Crippen molar-refractivity contribution in [3.05, 3.63) is 12.2 Å². The van der Waals surface area contributed by atoms with Crippen molar-refractivity contribution in [3.63, 3.8) is 0 Å². The third-order valence-electron chi connectivity index (χ3n) is 1.74. The van der Waals surface area contributed by atoms with E-state index in [9.17, 15) is 9.59 Å². The van der Waals surface area contributed by atoms with Gasteiger partial charge in [-0.1, -0.05) is 0 Å². The van der Waals surface area contributed by atoms with Gasteiger partial charge in [0, 0.05) is 13.3 Å². The molecule has 1 aliphatic rings. The van der Waals surface area contributed by atoms with Gasteiger partial charge in [0.25, 0.3) is 0 Å². The summed E-state index contributed by atoms with van der Waals surface area (Å²) in [5.41, 5.74) is 0. The normalized spacial score (nSPS) is 24.4. The third-order valence-corrected chi connectivity index (χ3v) is 1.74. The zero-order chi connectivity index (χ0) is 10.6. The predicted octanol–water partition coefficient (Wildman–Crippen LogP) is 1.03. The average Bonchev–Trinajstić information content (AvgIpc) is 2.51. The second-order valence-electron chi connectivity index (χ2n) is 2.88. The number of carbonyl (C=O) groups excluding carboxylic acids is 2. The van der Waals surface area contributed by atoms with E-state index in [4.69, 9.17) is 9.47 Å². The number of rotatable bonds is 2. The molecule has 0 saturated carbocycles. The summed E-state index contributed by atoms with van der Waals surface area (Å²) < 4.78 is 14.1. The van der Waals surface area contributed by atoms with Crippen LogP contribution < -0.4 is 0 Å². The number of ether oxygens (including phenoxy) is 3. The number of methoxy groups -OCH3 is 1. The minimum atomic E-state index is -0.733. The highest BCUT2D eigenvalue weighted by molar-refractivity contribution is 5.66. The van der Waals surface area contributed by atoms with Crippen LogP contribution in [0.15, 0.2) is 12.2 Å². The van der Waals surface area contributed by atoms with Crippen LogP contribution in [0.25, 0.3) is 0 Å². The van der Waals surface area contributed by atoms with Gasteiger partial charge in [-0.3, -0.25) is 4.79 Å². The van der Waals surface area contributed by atoms with Crippen molar-refractivity contribution in [1.29, 1.82) is 0 Å². The van der Waals surface area contributed by atoms with Gasteiger partial charge >= 0.3 is 12.1 Å². The second-order valence-corrected chi connectivity index (χ2v) is 2.88. The van der Waals surface area contributed by atoms with Crippen LogP contribution in [0, 0.1) is 0 Å². The monoisotopic (exact) mass is 200 g/mol. The van der Waals surface area contributed by atoms with E-state index in [-0.39, 0.29) is 18.2 Å². The fourth-order valence-electron chi connectivity index (χ4n) is 1.19. The van der Waals surface area contributed by atoms with Crippen molar-refractivity contribution in [2.75, 3.05) is 7.11 Å². The number of carbonyl (C=O) groups is 2. The van der Waals surface area contributed by atoms with Crippen LogP contribution >= 0.6 is 0 Å². The molecule has 2 atom stereocenters. The fraction of sp³-hybridized carbons (Fsp3) is 0.556. The highest BCUT2D eigenvalue weighted by Gasteiger charge is 2.24. The Hall–Kier alpha value is -1.52. The first-order valence-electron chi connectivity index (χ1n) is 4.22. The molecule has 0 aromatic heterocycles. The summed E-state index contributed by atoms with van der Waals surface area (Å²) in [4.78, 5) is 21.3. The van der Waals surface area contributed by atoms with Crippen molar-refractivity contribution in [1.82, 2.24) is 0 Å². The van der Waals surface area contributed by atoms with Crippen molar-refractivity contribution in [2.45, 2.75) is 25.6 Å². The molecule has 0 heterocycles. The van der Waals surface area contributed by atoms with E-state index in [1.165, 1.54) is 14.0 Å². The summed E-state index contributed by atoms with van der Waals surface area (Å²) in [6.45, 7) is 1.34. The molecule has 5 heteroatoms. The predicted molar refractivity (Wildman–Crippen MR) is 46.6 cm³/mol. The smallest absolute Gasteiger partial charge is 0.458 e. The van der Waals surface area contributed by atoms with Gasteiger partial charge in [-0.2, -0.15) is 0 Å². The number of hydrogen-bond donors (Lipinski definition) is 0. The van der Waals surface area contributed by atoms with E-state index in [1.807, 2.05) is 0 Å². The van der Waals surface area contributed by atoms with Gasteiger partial charge in [-0.05, 0) is 12.2 Å². The van der Waals surface area contributed by atoms with E-state index >= 15 is 0 Å². The highest BCUT2D eigenvalue weighted by atomic mass is 16.7. The zero-order valence-electron chi connectivity index (χ0n) is 8.06. The molecule has 0 aromatic carbocycles. The van der Waals surface area contributed by atoms with E-state index in [2.05, 4.69) is 4.74 Å². The maximum Gasteiger partial charge on any atom is 0.508 e. The van der Waals surface area contributed by atoms with Gasteiger partial charge in [-0.15, -0.1) is 0 Å². The van der Waals surface area contributed by atoms with Crippen molar-refractivity contribution in [2.24, 2.45) is 0 Å². The van der Waals surface area contributed by atoms with Crippen LogP contribution in [0.5, 0.6) is 0 Å². The Morgan fingerprint density at radius 1 is 1.21 bits per heavy atom. The largest absolute Gasteiger partial charge is 0.508 e. The molecule has 0 saturated heterocycles. The van der Waals surface area contributed by atoms with Gasteiger partial charge in [0.05, 0.1) is 7.11 Å². The number of hydrogen-bond acceptors (Lipinski definition) is 5. The first-order chi connectivity index (χ1) is 6.61. The molecule has 14 heavy (non-hydrogen) atoms. The van der Waals surface area contributed by atoms with Crippen LogP contribution in [0.1, 0.15) is 13.3 Å². The molecule has 5 nitrogen and oxygen atoms in total. The molecule has 0 N–H and O–H groups in total. The summed E-state index contributed by atoms with van der Waals surface area (Å²) in [6.07, 6.45) is 2.41. The van der Waals surface area contributed by atoms with Gasteiger partial charge in [0.15, 0.2) is 0 Å². The Kier molecular flexibility index (Phi) is 3.50. The minimum Gasteiger partial charge on any atom is -0.458 e. The molecular formula is C9H12O5. The van der Waals surface area contributed by atoms with Crippen LogP contribution in [0.3, 0.4) is 0 Å². The lowest BCUT2D eigenvalue weighted by Gasteiger charge is -2.11. The maximum absolute atomic E-state index is 10.7. The molecule has 1 rings (SSSR count). The summed E-state index contributed by atoms with van der Waals surface area (Å²) in [5.74, 6) is -0.349. The molecule has 0 aliphatic heterocycles. The molecule has 0 amide bonds. The molecule has 0 unspecified atom stereocenters. The Balaban J connectivity index is 2.32. The van der Waals surface area contributed by atoms with Crippen LogP contribution in [0.4, 0.5) is 4.79 Å².